The van der Waals surface area contributed by atoms with Crippen LogP contribution in [-0.4, -0.2) is 23.9 Å². The highest BCUT2D eigenvalue weighted by Crippen LogP contribution is 2.14. The third-order valence-corrected chi connectivity index (χ3v) is 4.66. The minimum atomic E-state index is -3.66. The number of imidazole rings is 1. The first-order valence-electron chi connectivity index (χ1n) is 7.95. The van der Waals surface area contributed by atoms with Crippen molar-refractivity contribution in [2.75, 3.05) is 5.32 Å². The predicted molar refractivity (Wildman–Crippen MR) is 104 cm³/mol. The lowest BCUT2D eigenvalue weighted by Crippen LogP contribution is -2.16. The molecule has 0 aliphatic rings. The highest BCUT2D eigenvalue weighted by molar-refractivity contribution is 7.88. The van der Waals surface area contributed by atoms with Crippen LogP contribution in [0.25, 0.3) is 0 Å². The van der Waals surface area contributed by atoms with Gasteiger partial charge in [0.25, 0.3) is 5.91 Å². The summed E-state index contributed by atoms with van der Waals surface area (Å²) in [6, 6.07) is 13.8. The largest absolute Gasteiger partial charge is 0.331 e. The second-order valence-corrected chi connectivity index (χ2v) is 8.07. The van der Waals surface area contributed by atoms with E-state index in [4.69, 9.17) is 16.7 Å². The van der Waals surface area contributed by atoms with Gasteiger partial charge in [-0.2, -0.15) is 0 Å². The summed E-state index contributed by atoms with van der Waals surface area (Å²) in [6.45, 7) is 0.563. The second kappa shape index (κ2) is 7.91. The number of halogens is 1. The molecular formula is C18H17ClN4O3S. The number of nitrogens with one attached hydrogen (secondary N) is 1. The molecule has 0 saturated heterocycles. The summed E-state index contributed by atoms with van der Waals surface area (Å²) in [5.74, 6) is -0.333. The number of hydrogen-bond acceptors (Lipinski definition) is 4. The Bertz CT molecular complexity index is 1080. The lowest BCUT2D eigenvalue weighted by Gasteiger charge is -2.05. The Labute approximate surface area is 161 Å². The first-order chi connectivity index (χ1) is 12.8. The molecule has 27 heavy (non-hydrogen) atoms. The Balaban J connectivity index is 1.68. The number of amides is 1. The van der Waals surface area contributed by atoms with Gasteiger partial charge in [0.15, 0.2) is 5.82 Å². The van der Waals surface area contributed by atoms with Gasteiger partial charge in [-0.05, 0) is 35.4 Å². The molecule has 1 aromatic heterocycles. The maximum absolute atomic E-state index is 12.4. The van der Waals surface area contributed by atoms with Gasteiger partial charge in [-0.3, -0.25) is 4.79 Å². The number of nitrogens with zero attached hydrogens (tertiary/aromatic N) is 2. The van der Waals surface area contributed by atoms with Crippen molar-refractivity contribution in [1.29, 1.82) is 0 Å². The van der Waals surface area contributed by atoms with Crippen LogP contribution in [0.3, 0.4) is 0 Å². The Hall–Kier alpha value is -2.68. The van der Waals surface area contributed by atoms with Crippen molar-refractivity contribution in [3.05, 3.63) is 82.8 Å². The highest BCUT2D eigenvalue weighted by Gasteiger charge is 2.11. The molecule has 0 atom stereocenters. The molecule has 7 nitrogen and oxygen atoms in total. The fourth-order valence-corrected chi connectivity index (χ4v) is 3.44. The molecule has 9 heteroatoms. The molecular weight excluding hydrogens is 388 g/mol. The first-order valence-corrected chi connectivity index (χ1v) is 10.0. The fourth-order valence-electron chi connectivity index (χ4n) is 2.58. The highest BCUT2D eigenvalue weighted by atomic mass is 35.5. The normalized spacial score (nSPS) is 11.3. The average Bonchev–Trinajstić information content (AvgIpc) is 3.00. The molecule has 0 aliphatic heterocycles. The number of benzene rings is 2. The zero-order valence-corrected chi connectivity index (χ0v) is 15.7. The van der Waals surface area contributed by atoms with Gasteiger partial charge in [-0.25, -0.2) is 18.5 Å². The summed E-state index contributed by atoms with van der Waals surface area (Å²) in [4.78, 5) is 16.5. The van der Waals surface area contributed by atoms with E-state index < -0.39 is 10.0 Å². The number of nitrogens with two attached hydrogens (primary N) is 1. The Morgan fingerprint density at radius 1 is 1.15 bits per heavy atom. The fraction of sp³-hybridized carbons (Fsp3) is 0.111. The molecule has 0 fully saturated rings. The van der Waals surface area contributed by atoms with E-state index in [2.05, 4.69) is 10.3 Å². The summed E-state index contributed by atoms with van der Waals surface area (Å²) in [5, 5.41) is 8.38. The van der Waals surface area contributed by atoms with Gasteiger partial charge in [-0.15, -0.1) is 0 Å². The van der Waals surface area contributed by atoms with Crippen molar-refractivity contribution in [3.63, 3.8) is 0 Å². The zero-order valence-electron chi connectivity index (χ0n) is 14.2. The molecule has 2 aromatic carbocycles. The number of sulfonamides is 1. The van der Waals surface area contributed by atoms with Crippen molar-refractivity contribution in [3.8, 4) is 0 Å². The van der Waals surface area contributed by atoms with Gasteiger partial charge in [-0.1, -0.05) is 35.9 Å². The third-order valence-electron chi connectivity index (χ3n) is 3.69. The lowest BCUT2D eigenvalue weighted by molar-refractivity contribution is 0.102. The van der Waals surface area contributed by atoms with E-state index in [0.29, 0.717) is 28.5 Å². The lowest BCUT2D eigenvalue weighted by atomic mass is 10.1. The topological polar surface area (TPSA) is 107 Å². The van der Waals surface area contributed by atoms with E-state index >= 15 is 0 Å². The van der Waals surface area contributed by atoms with Crippen molar-refractivity contribution in [1.82, 2.24) is 9.55 Å². The number of hydrogen-bond donors (Lipinski definition) is 2. The number of carbonyl (C=O) groups excluding carboxylic acids is 1. The minimum absolute atomic E-state index is 0.320. The van der Waals surface area contributed by atoms with Crippen molar-refractivity contribution in [2.24, 2.45) is 5.14 Å². The monoisotopic (exact) mass is 404 g/mol. The quantitative estimate of drug-likeness (QED) is 0.658. The average molecular weight is 405 g/mol. The molecule has 0 unspecified atom stereocenters. The van der Waals surface area contributed by atoms with Gasteiger partial charge in [0, 0.05) is 23.3 Å². The molecule has 140 valence electrons. The van der Waals surface area contributed by atoms with Crippen molar-refractivity contribution < 1.29 is 13.2 Å². The van der Waals surface area contributed by atoms with Crippen LogP contribution in [0.4, 0.5) is 5.82 Å². The molecule has 3 N–H and O–H groups in total. The van der Waals surface area contributed by atoms with Crippen LogP contribution < -0.4 is 10.5 Å². The predicted octanol–water partition coefficient (Wildman–Crippen LogP) is 2.63. The maximum atomic E-state index is 12.4. The van der Waals surface area contributed by atoms with E-state index in [1.54, 1.807) is 36.8 Å². The van der Waals surface area contributed by atoms with Crippen LogP contribution in [0.2, 0.25) is 5.02 Å². The summed E-state index contributed by atoms with van der Waals surface area (Å²) < 4.78 is 24.2. The van der Waals surface area contributed by atoms with E-state index in [1.165, 1.54) is 6.07 Å². The number of primary sulfonamides is 1. The number of rotatable bonds is 6. The molecule has 0 radical (unpaired) electrons. The Morgan fingerprint density at radius 2 is 1.89 bits per heavy atom. The van der Waals surface area contributed by atoms with Gasteiger partial charge in [0.05, 0.1) is 12.1 Å². The Kier molecular flexibility index (Phi) is 5.59. The van der Waals surface area contributed by atoms with Crippen LogP contribution in [-0.2, 0) is 22.3 Å². The smallest absolute Gasteiger partial charge is 0.256 e. The molecule has 0 saturated carbocycles. The standard InChI is InChI=1S/C18H17ClN4O3S/c19-16-6-2-3-13(8-16)9-23-10-17(21-12-23)22-18(24)15-5-1-4-14(7-15)11-27(20,25)26/h1-8,10,12H,9,11H2,(H,22,24)(H2,20,25,26). The molecule has 3 rings (SSSR count). The molecule has 3 aromatic rings. The minimum Gasteiger partial charge on any atom is -0.331 e. The van der Waals surface area contributed by atoms with Gasteiger partial charge in [0.2, 0.25) is 10.0 Å². The summed E-state index contributed by atoms with van der Waals surface area (Å²) in [5.41, 5.74) is 1.77. The zero-order chi connectivity index (χ0) is 19.4. The van der Waals surface area contributed by atoms with E-state index in [1.807, 2.05) is 22.8 Å². The molecule has 1 amide bonds. The van der Waals surface area contributed by atoms with Gasteiger partial charge >= 0.3 is 0 Å². The molecule has 0 bridgehead atoms. The molecule has 0 aliphatic carbocycles. The van der Waals surface area contributed by atoms with Crippen LogP contribution in [0.5, 0.6) is 0 Å². The van der Waals surface area contributed by atoms with Crippen LogP contribution in [0, 0.1) is 0 Å². The van der Waals surface area contributed by atoms with E-state index in [0.717, 1.165) is 5.56 Å². The van der Waals surface area contributed by atoms with Crippen LogP contribution >= 0.6 is 11.6 Å². The van der Waals surface area contributed by atoms with Gasteiger partial charge < -0.3 is 9.88 Å². The Morgan fingerprint density at radius 3 is 2.63 bits per heavy atom. The summed E-state index contributed by atoms with van der Waals surface area (Å²) in [6.07, 6.45) is 3.31. The molecule has 1 heterocycles. The van der Waals surface area contributed by atoms with Crippen LogP contribution in [0.1, 0.15) is 21.5 Å². The number of aromatic nitrogens is 2. The number of carbonyl (C=O) groups is 1. The third kappa shape index (κ3) is 5.65. The SMILES string of the molecule is NS(=O)(=O)Cc1cccc(C(=O)Nc2cn(Cc3cccc(Cl)c3)cn2)c1. The second-order valence-electron chi connectivity index (χ2n) is 6.02. The van der Waals surface area contributed by atoms with Crippen LogP contribution in [0.15, 0.2) is 61.1 Å². The van der Waals surface area contributed by atoms with Crippen molar-refractivity contribution >= 4 is 33.3 Å². The van der Waals surface area contributed by atoms with Gasteiger partial charge in [0.1, 0.15) is 0 Å². The number of anilines is 1. The molecule has 0 spiro atoms. The van der Waals surface area contributed by atoms with E-state index in [-0.39, 0.29) is 11.7 Å². The van der Waals surface area contributed by atoms with E-state index in [9.17, 15) is 13.2 Å². The first kappa shape index (κ1) is 19.1. The summed E-state index contributed by atoms with van der Waals surface area (Å²) >= 11 is 5.98. The summed E-state index contributed by atoms with van der Waals surface area (Å²) in [7, 11) is -3.66. The van der Waals surface area contributed by atoms with Crippen molar-refractivity contribution in [2.45, 2.75) is 12.3 Å². The maximum Gasteiger partial charge on any atom is 0.256 e.